The van der Waals surface area contributed by atoms with Gasteiger partial charge in [0.25, 0.3) is 0 Å². The van der Waals surface area contributed by atoms with E-state index in [2.05, 4.69) is 20.6 Å². The van der Waals surface area contributed by atoms with Gasteiger partial charge in [0.05, 0.1) is 29.8 Å². The van der Waals surface area contributed by atoms with E-state index in [0.29, 0.717) is 37.0 Å². The number of methoxy groups -OCH3 is 1. The van der Waals surface area contributed by atoms with Crippen LogP contribution in [0, 0.1) is 11.6 Å². The molecule has 0 saturated heterocycles. The Kier molecular flexibility index (Phi) is 6.51. The van der Waals surface area contributed by atoms with Crippen LogP contribution in [0.15, 0.2) is 36.4 Å². The van der Waals surface area contributed by atoms with Crippen molar-refractivity contribution in [3.05, 3.63) is 59.4 Å². The average Bonchev–Trinajstić information content (AvgIpc) is 3.21. The van der Waals surface area contributed by atoms with Crippen LogP contribution in [0.5, 0.6) is 5.75 Å². The Bertz CT molecular complexity index is 1100. The van der Waals surface area contributed by atoms with Crippen LogP contribution in [0.25, 0.3) is 11.0 Å². The van der Waals surface area contributed by atoms with Gasteiger partial charge in [-0.2, -0.15) is 0 Å². The van der Waals surface area contributed by atoms with Gasteiger partial charge in [-0.05, 0) is 56.4 Å². The minimum atomic E-state index is -0.730. The van der Waals surface area contributed by atoms with Gasteiger partial charge < -0.3 is 25.5 Å². The number of amides is 2. The highest BCUT2D eigenvalue weighted by atomic mass is 19.1. The zero-order valence-electron chi connectivity index (χ0n) is 18.6. The molecule has 0 bridgehead atoms. The highest BCUT2D eigenvalue weighted by Gasteiger charge is 2.30. The lowest BCUT2D eigenvalue weighted by molar-refractivity contribution is 0.0151. The van der Waals surface area contributed by atoms with Gasteiger partial charge >= 0.3 is 6.03 Å². The van der Waals surface area contributed by atoms with Gasteiger partial charge in [-0.1, -0.05) is 12.1 Å². The van der Waals surface area contributed by atoms with E-state index in [9.17, 15) is 18.7 Å². The molecule has 0 aliphatic heterocycles. The highest BCUT2D eigenvalue weighted by molar-refractivity contribution is 5.76. The normalized spacial score (nSPS) is 21.5. The van der Waals surface area contributed by atoms with Gasteiger partial charge in [-0.15, -0.1) is 0 Å². The fourth-order valence-electron chi connectivity index (χ4n) is 4.23. The van der Waals surface area contributed by atoms with Crippen molar-refractivity contribution < 1.29 is 23.4 Å². The Labute approximate surface area is 190 Å². The summed E-state index contributed by atoms with van der Waals surface area (Å²) in [5.41, 5.74) is 0.862. The molecule has 1 heterocycles. The van der Waals surface area contributed by atoms with E-state index in [1.165, 1.54) is 7.11 Å². The lowest BCUT2D eigenvalue weighted by atomic mass is 9.84. The minimum absolute atomic E-state index is 0.0145. The van der Waals surface area contributed by atoms with Crippen molar-refractivity contribution in [2.24, 2.45) is 0 Å². The molecule has 33 heavy (non-hydrogen) atoms. The lowest BCUT2D eigenvalue weighted by Gasteiger charge is -2.33. The number of rotatable bonds is 6. The number of H-pyrrole nitrogens is 1. The van der Waals surface area contributed by atoms with Gasteiger partial charge in [-0.3, -0.25) is 0 Å². The van der Waals surface area contributed by atoms with Crippen molar-refractivity contribution in [2.45, 2.75) is 56.7 Å². The number of aromatic amines is 1. The highest BCUT2D eigenvalue weighted by Crippen LogP contribution is 2.28. The van der Waals surface area contributed by atoms with Gasteiger partial charge in [0, 0.05) is 18.5 Å². The van der Waals surface area contributed by atoms with Crippen LogP contribution < -0.4 is 15.4 Å². The molecule has 1 aliphatic carbocycles. The number of hydrogen-bond acceptors (Lipinski definition) is 4. The Hall–Kier alpha value is -3.20. The molecular weight excluding hydrogens is 430 g/mol. The third kappa shape index (κ3) is 5.42. The molecule has 2 aromatic carbocycles. The Morgan fingerprint density at radius 2 is 2.00 bits per heavy atom. The molecule has 2 amide bonds. The number of aromatic nitrogens is 2. The van der Waals surface area contributed by atoms with Crippen LogP contribution in [0.4, 0.5) is 13.6 Å². The monoisotopic (exact) mass is 458 g/mol. The van der Waals surface area contributed by atoms with Crippen LogP contribution in [0.1, 0.15) is 50.0 Å². The summed E-state index contributed by atoms with van der Waals surface area (Å²) in [6.45, 7) is 1.80. The summed E-state index contributed by atoms with van der Waals surface area (Å²) < 4.78 is 33.7. The Morgan fingerprint density at radius 1 is 1.27 bits per heavy atom. The van der Waals surface area contributed by atoms with E-state index < -0.39 is 29.3 Å². The van der Waals surface area contributed by atoms with E-state index in [4.69, 9.17) is 4.74 Å². The number of halogens is 2. The number of benzene rings is 2. The second kappa shape index (κ2) is 9.35. The predicted molar refractivity (Wildman–Crippen MR) is 120 cm³/mol. The summed E-state index contributed by atoms with van der Waals surface area (Å²) in [6, 6.07) is 8.22. The first kappa shape index (κ1) is 23.0. The molecule has 1 atom stereocenters. The maximum atomic E-state index is 14.7. The van der Waals surface area contributed by atoms with Crippen molar-refractivity contribution >= 4 is 17.1 Å². The van der Waals surface area contributed by atoms with Gasteiger partial charge in [0.1, 0.15) is 11.6 Å². The number of urea groups is 1. The van der Waals surface area contributed by atoms with Crippen LogP contribution in [-0.2, 0) is 6.42 Å². The Morgan fingerprint density at radius 3 is 2.70 bits per heavy atom. The maximum Gasteiger partial charge on any atom is 0.315 e. The number of hydrogen-bond donors (Lipinski definition) is 4. The molecule has 4 N–H and O–H groups in total. The number of carbonyl (C=O) groups excluding carboxylic acids is 1. The number of imidazole rings is 1. The Balaban J connectivity index is 1.55. The number of nitrogens with zero attached hydrogens (tertiary/aromatic N) is 1. The summed E-state index contributed by atoms with van der Waals surface area (Å²) in [6.07, 6.45) is 2.50. The molecule has 9 heteroatoms. The zero-order chi connectivity index (χ0) is 23.6. The topological polar surface area (TPSA) is 99.3 Å². The van der Waals surface area contributed by atoms with Crippen molar-refractivity contribution in [1.82, 2.24) is 20.6 Å². The summed E-state index contributed by atoms with van der Waals surface area (Å²) in [5.74, 6) is -1.06. The molecule has 0 radical (unpaired) electrons. The quantitative estimate of drug-likeness (QED) is 0.446. The second-order valence-corrected chi connectivity index (χ2v) is 8.86. The van der Waals surface area contributed by atoms with Crippen LogP contribution in [0.2, 0.25) is 0 Å². The summed E-state index contributed by atoms with van der Waals surface area (Å²) in [5, 5.41) is 15.9. The van der Waals surface area contributed by atoms with Crippen molar-refractivity contribution in [3.8, 4) is 5.75 Å². The van der Waals surface area contributed by atoms with E-state index in [-0.39, 0.29) is 23.8 Å². The largest absolute Gasteiger partial charge is 0.494 e. The molecule has 4 rings (SSSR count). The van der Waals surface area contributed by atoms with Crippen molar-refractivity contribution in [1.29, 1.82) is 0 Å². The number of fused-ring (bicyclic) bond motifs is 1. The maximum absolute atomic E-state index is 14.7. The first-order valence-corrected chi connectivity index (χ1v) is 11.0. The van der Waals surface area contributed by atoms with Crippen molar-refractivity contribution in [2.75, 3.05) is 7.11 Å². The molecule has 0 unspecified atom stereocenters. The lowest BCUT2D eigenvalue weighted by Crippen LogP contribution is -2.47. The van der Waals surface area contributed by atoms with E-state index in [1.54, 1.807) is 6.92 Å². The summed E-state index contributed by atoms with van der Waals surface area (Å²) >= 11 is 0. The molecule has 1 aromatic heterocycles. The second-order valence-electron chi connectivity index (χ2n) is 8.86. The van der Waals surface area contributed by atoms with Crippen LogP contribution in [-0.4, -0.2) is 39.9 Å². The molecule has 1 saturated carbocycles. The molecule has 3 aromatic rings. The van der Waals surface area contributed by atoms with Gasteiger partial charge in [0.15, 0.2) is 11.6 Å². The SMILES string of the molecule is COc1cc(F)c(C[C@@H](NC(=O)N[C@H]2CC[C@@](C)(O)CC2)c2nc3ccccc3[nH]2)cc1F. The van der Waals surface area contributed by atoms with Crippen LogP contribution >= 0.6 is 0 Å². The first-order valence-electron chi connectivity index (χ1n) is 11.0. The van der Waals surface area contributed by atoms with Crippen LogP contribution in [0.3, 0.4) is 0 Å². The van der Waals surface area contributed by atoms with E-state index in [0.717, 1.165) is 17.6 Å². The molecule has 7 nitrogen and oxygen atoms in total. The number of ether oxygens (including phenoxy) is 1. The number of nitrogens with one attached hydrogen (secondary N) is 3. The predicted octanol–water partition coefficient (Wildman–Crippen LogP) is 4.13. The zero-order valence-corrected chi connectivity index (χ0v) is 18.6. The first-order chi connectivity index (χ1) is 15.7. The minimum Gasteiger partial charge on any atom is -0.494 e. The fraction of sp³-hybridized carbons (Fsp3) is 0.417. The molecule has 1 fully saturated rings. The van der Waals surface area contributed by atoms with Crippen molar-refractivity contribution in [3.63, 3.8) is 0 Å². The summed E-state index contributed by atoms with van der Waals surface area (Å²) in [7, 11) is 1.27. The smallest absolute Gasteiger partial charge is 0.315 e. The average molecular weight is 459 g/mol. The summed E-state index contributed by atoms with van der Waals surface area (Å²) in [4.78, 5) is 20.5. The number of carbonyl (C=O) groups is 1. The van der Waals surface area contributed by atoms with Gasteiger partial charge in [-0.25, -0.2) is 18.6 Å². The third-order valence-corrected chi connectivity index (χ3v) is 6.19. The molecular formula is C24H28F2N4O3. The molecule has 1 aliphatic rings. The molecule has 176 valence electrons. The fourth-order valence-corrected chi connectivity index (χ4v) is 4.23. The standard InChI is InChI=1S/C24H28F2N4O3/c1-24(32)9-7-15(8-10-24)27-23(31)30-20(22-28-18-5-3-4-6-19(18)29-22)12-14-11-17(26)21(33-2)13-16(14)25/h3-6,11,13,15,20,32H,7-10,12H2,1-2H3,(H,28,29)(H2,27,30,31)/t15-,20-,24+/m1/s1. The van der Waals surface area contributed by atoms with Gasteiger partial charge in [0.2, 0.25) is 0 Å². The third-order valence-electron chi connectivity index (χ3n) is 6.19. The van der Waals surface area contributed by atoms with E-state index >= 15 is 0 Å². The number of para-hydroxylation sites is 2. The molecule has 0 spiro atoms. The van der Waals surface area contributed by atoms with E-state index in [1.807, 2.05) is 24.3 Å². The number of aliphatic hydroxyl groups is 1.